The normalized spacial score (nSPS) is 11.5. The summed E-state index contributed by atoms with van der Waals surface area (Å²) in [6, 6.07) is 4.48. The van der Waals surface area contributed by atoms with Crippen LogP contribution in [0.2, 0.25) is 0 Å². The summed E-state index contributed by atoms with van der Waals surface area (Å²) in [4.78, 5) is 39.1. The van der Waals surface area contributed by atoms with Crippen LogP contribution in [0.5, 0.6) is 0 Å². The van der Waals surface area contributed by atoms with Gasteiger partial charge in [0.1, 0.15) is 5.82 Å². The molecule has 1 rings (SSSR count). The third-order valence-corrected chi connectivity index (χ3v) is 2.60. The zero-order valence-electron chi connectivity index (χ0n) is 11.4. The van der Waals surface area contributed by atoms with E-state index < -0.39 is 17.9 Å². The molecule has 2 N–H and O–H groups in total. The Hall–Kier alpha value is -2.44. The summed E-state index contributed by atoms with van der Waals surface area (Å²) in [6.07, 6.45) is 1.40. The summed E-state index contributed by atoms with van der Waals surface area (Å²) >= 11 is 0. The summed E-state index contributed by atoms with van der Waals surface area (Å²) in [5.74, 6) is -1.40. The van der Waals surface area contributed by atoms with Crippen molar-refractivity contribution in [3.63, 3.8) is 0 Å². The lowest BCUT2D eigenvalue weighted by Crippen LogP contribution is -2.41. The number of hydrogen-bond donors (Lipinski definition) is 2. The second-order valence-electron chi connectivity index (χ2n) is 4.51. The summed E-state index contributed by atoms with van der Waals surface area (Å²) in [6.45, 7) is 1.64. The second kappa shape index (κ2) is 7.22. The van der Waals surface area contributed by atoms with E-state index >= 15 is 0 Å². The standard InChI is InChI=1S/C13H17N3O4/c1-9(8-12(18)19)7-11(17)15-13(20)16(2)10-5-3-4-6-14-10/h3-6,9H,7-8H2,1-2H3,(H,18,19)(H,15,17,20). The van der Waals surface area contributed by atoms with E-state index in [1.807, 2.05) is 0 Å². The Bertz CT molecular complexity index is 490. The molecule has 1 aromatic rings. The molecule has 1 unspecified atom stereocenters. The van der Waals surface area contributed by atoms with Gasteiger partial charge in [-0.2, -0.15) is 0 Å². The van der Waals surface area contributed by atoms with Crippen LogP contribution < -0.4 is 10.2 Å². The molecule has 3 amide bonds. The van der Waals surface area contributed by atoms with E-state index in [1.54, 1.807) is 25.1 Å². The molecular formula is C13H17N3O4. The Labute approximate surface area is 116 Å². The number of nitrogens with zero attached hydrogens (tertiary/aromatic N) is 2. The molecule has 1 aromatic heterocycles. The quantitative estimate of drug-likeness (QED) is 0.845. The third-order valence-electron chi connectivity index (χ3n) is 2.60. The van der Waals surface area contributed by atoms with Gasteiger partial charge in [0.25, 0.3) is 0 Å². The monoisotopic (exact) mass is 279 g/mol. The predicted molar refractivity (Wildman–Crippen MR) is 72.2 cm³/mol. The van der Waals surface area contributed by atoms with E-state index in [9.17, 15) is 14.4 Å². The number of hydrogen-bond acceptors (Lipinski definition) is 4. The summed E-state index contributed by atoms with van der Waals surface area (Å²) in [7, 11) is 1.49. The van der Waals surface area contributed by atoms with Gasteiger partial charge in [0, 0.05) is 26.1 Å². The maximum Gasteiger partial charge on any atom is 0.329 e. The number of carbonyl (C=O) groups excluding carboxylic acids is 2. The Morgan fingerprint density at radius 3 is 2.60 bits per heavy atom. The zero-order chi connectivity index (χ0) is 15.1. The first-order valence-electron chi connectivity index (χ1n) is 6.10. The first-order valence-corrected chi connectivity index (χ1v) is 6.10. The largest absolute Gasteiger partial charge is 0.481 e. The van der Waals surface area contributed by atoms with Crippen LogP contribution in [0.4, 0.5) is 10.6 Å². The molecule has 1 heterocycles. The number of carboxylic acids is 1. The van der Waals surface area contributed by atoms with Gasteiger partial charge in [-0.25, -0.2) is 9.78 Å². The molecule has 0 fully saturated rings. The van der Waals surface area contributed by atoms with Crippen molar-refractivity contribution in [3.05, 3.63) is 24.4 Å². The van der Waals surface area contributed by atoms with E-state index in [0.717, 1.165) is 0 Å². The Balaban J connectivity index is 2.49. The van der Waals surface area contributed by atoms with Gasteiger partial charge in [-0.05, 0) is 18.1 Å². The first kappa shape index (κ1) is 15.6. The highest BCUT2D eigenvalue weighted by molar-refractivity contribution is 6.01. The van der Waals surface area contributed by atoms with Gasteiger partial charge in [-0.1, -0.05) is 13.0 Å². The molecule has 0 aromatic carbocycles. The Morgan fingerprint density at radius 1 is 1.35 bits per heavy atom. The SMILES string of the molecule is CC(CC(=O)O)CC(=O)NC(=O)N(C)c1ccccn1. The number of amides is 3. The van der Waals surface area contributed by atoms with Gasteiger partial charge in [-0.3, -0.25) is 19.8 Å². The molecule has 0 radical (unpaired) electrons. The second-order valence-corrected chi connectivity index (χ2v) is 4.51. The minimum Gasteiger partial charge on any atom is -0.481 e. The fourth-order valence-electron chi connectivity index (χ4n) is 1.60. The number of aromatic nitrogens is 1. The number of carbonyl (C=O) groups is 3. The minimum atomic E-state index is -0.970. The molecule has 0 spiro atoms. The Kier molecular flexibility index (Phi) is 5.64. The minimum absolute atomic E-state index is 0.0197. The number of nitrogens with one attached hydrogen (secondary N) is 1. The lowest BCUT2D eigenvalue weighted by atomic mass is 10.0. The average Bonchev–Trinajstić information content (AvgIpc) is 2.37. The van der Waals surface area contributed by atoms with Crippen LogP contribution in [0.3, 0.4) is 0 Å². The third kappa shape index (κ3) is 5.05. The van der Waals surface area contributed by atoms with Crippen molar-refractivity contribution in [2.24, 2.45) is 5.92 Å². The van der Waals surface area contributed by atoms with Gasteiger partial charge >= 0.3 is 12.0 Å². The van der Waals surface area contributed by atoms with Crippen LogP contribution in [0.1, 0.15) is 19.8 Å². The zero-order valence-corrected chi connectivity index (χ0v) is 11.4. The lowest BCUT2D eigenvalue weighted by molar-refractivity contribution is -0.138. The van der Waals surface area contributed by atoms with E-state index in [2.05, 4.69) is 10.3 Å². The fraction of sp³-hybridized carbons (Fsp3) is 0.385. The molecule has 0 aliphatic heterocycles. The summed E-state index contributed by atoms with van der Waals surface area (Å²) < 4.78 is 0. The highest BCUT2D eigenvalue weighted by Crippen LogP contribution is 2.09. The van der Waals surface area contributed by atoms with Crippen LogP contribution >= 0.6 is 0 Å². The van der Waals surface area contributed by atoms with Crippen LogP contribution in [0.25, 0.3) is 0 Å². The van der Waals surface area contributed by atoms with Crippen LogP contribution in [-0.2, 0) is 9.59 Å². The highest BCUT2D eigenvalue weighted by Gasteiger charge is 2.17. The van der Waals surface area contributed by atoms with E-state index in [0.29, 0.717) is 5.82 Å². The van der Waals surface area contributed by atoms with Crippen molar-refractivity contribution in [2.75, 3.05) is 11.9 Å². The van der Waals surface area contributed by atoms with Gasteiger partial charge in [0.05, 0.1) is 0 Å². The number of carboxylic acid groups (broad SMARTS) is 1. The molecule has 0 bridgehead atoms. The van der Waals surface area contributed by atoms with Crippen molar-refractivity contribution in [3.8, 4) is 0 Å². The van der Waals surface area contributed by atoms with Crippen molar-refractivity contribution in [1.29, 1.82) is 0 Å². The number of urea groups is 1. The van der Waals surface area contributed by atoms with E-state index in [-0.39, 0.29) is 18.8 Å². The van der Waals surface area contributed by atoms with Crippen LogP contribution in [0, 0.1) is 5.92 Å². The molecule has 0 aliphatic rings. The molecule has 0 aliphatic carbocycles. The Morgan fingerprint density at radius 2 is 2.05 bits per heavy atom. The molecular weight excluding hydrogens is 262 g/mol. The van der Waals surface area contributed by atoms with Crippen molar-refractivity contribution >= 4 is 23.7 Å². The number of pyridine rings is 1. The van der Waals surface area contributed by atoms with Gasteiger partial charge < -0.3 is 5.11 Å². The van der Waals surface area contributed by atoms with Crippen LogP contribution in [-0.4, -0.2) is 35.0 Å². The fourth-order valence-corrected chi connectivity index (χ4v) is 1.60. The summed E-state index contributed by atoms with van der Waals surface area (Å²) in [5.41, 5.74) is 0. The molecule has 0 saturated heterocycles. The molecule has 7 nitrogen and oxygen atoms in total. The lowest BCUT2D eigenvalue weighted by Gasteiger charge is -2.16. The molecule has 20 heavy (non-hydrogen) atoms. The van der Waals surface area contributed by atoms with Gasteiger partial charge in [-0.15, -0.1) is 0 Å². The van der Waals surface area contributed by atoms with E-state index in [1.165, 1.54) is 18.1 Å². The molecule has 0 saturated carbocycles. The summed E-state index contributed by atoms with van der Waals surface area (Å²) in [5, 5.41) is 10.8. The van der Waals surface area contributed by atoms with E-state index in [4.69, 9.17) is 5.11 Å². The molecule has 7 heteroatoms. The van der Waals surface area contributed by atoms with Crippen molar-refractivity contribution in [1.82, 2.24) is 10.3 Å². The number of anilines is 1. The van der Waals surface area contributed by atoms with Gasteiger partial charge in [0.2, 0.25) is 5.91 Å². The highest BCUT2D eigenvalue weighted by atomic mass is 16.4. The predicted octanol–water partition coefficient (Wildman–Crippen LogP) is 1.25. The van der Waals surface area contributed by atoms with Gasteiger partial charge in [0.15, 0.2) is 0 Å². The molecule has 1 atom stereocenters. The smallest absolute Gasteiger partial charge is 0.329 e. The number of aliphatic carboxylic acids is 1. The maximum atomic E-state index is 11.8. The van der Waals surface area contributed by atoms with Crippen molar-refractivity contribution < 1.29 is 19.5 Å². The number of rotatable bonds is 5. The van der Waals surface area contributed by atoms with Crippen molar-refractivity contribution in [2.45, 2.75) is 19.8 Å². The average molecular weight is 279 g/mol. The van der Waals surface area contributed by atoms with Crippen LogP contribution in [0.15, 0.2) is 24.4 Å². The number of imide groups is 1. The topological polar surface area (TPSA) is 99.6 Å². The molecule has 108 valence electrons. The maximum absolute atomic E-state index is 11.8. The first-order chi connectivity index (χ1) is 9.40.